The van der Waals surface area contributed by atoms with Crippen molar-refractivity contribution in [3.63, 3.8) is 0 Å². The number of amides is 1. The Morgan fingerprint density at radius 1 is 1.36 bits per heavy atom. The molecule has 1 atom stereocenters. The van der Waals surface area contributed by atoms with Crippen LogP contribution in [0.4, 0.5) is 4.79 Å². The number of ether oxygens (including phenoxy) is 1. The van der Waals surface area contributed by atoms with Crippen LogP contribution in [-0.2, 0) is 10.2 Å². The molecular formula is C16H24N4O2. The minimum atomic E-state index is -0.521. The molecule has 2 rings (SSSR count). The molecule has 120 valence electrons. The summed E-state index contributed by atoms with van der Waals surface area (Å²) >= 11 is 0. The number of alkyl carbamates (subject to hydrolysis) is 1. The van der Waals surface area contributed by atoms with E-state index in [0.29, 0.717) is 13.1 Å². The van der Waals surface area contributed by atoms with E-state index in [4.69, 9.17) is 10.5 Å². The number of pyridine rings is 1. The fraction of sp³-hybridized carbons (Fsp3) is 0.500. The third kappa shape index (κ3) is 3.57. The van der Waals surface area contributed by atoms with Gasteiger partial charge in [-0.05, 0) is 32.9 Å². The van der Waals surface area contributed by atoms with Crippen LogP contribution >= 0.6 is 0 Å². The minimum absolute atomic E-state index is 0.376. The Morgan fingerprint density at radius 2 is 2.09 bits per heavy atom. The van der Waals surface area contributed by atoms with E-state index in [9.17, 15) is 4.79 Å². The molecule has 6 nitrogen and oxygen atoms in total. The highest BCUT2D eigenvalue weighted by Crippen LogP contribution is 2.23. The van der Waals surface area contributed by atoms with E-state index in [1.807, 2.05) is 56.5 Å². The Labute approximate surface area is 130 Å². The summed E-state index contributed by atoms with van der Waals surface area (Å²) < 4.78 is 7.26. The Balaban J connectivity index is 2.17. The lowest BCUT2D eigenvalue weighted by Crippen LogP contribution is -2.45. The maximum atomic E-state index is 11.9. The zero-order valence-electron chi connectivity index (χ0n) is 13.6. The summed E-state index contributed by atoms with van der Waals surface area (Å²) in [4.78, 5) is 16.2. The zero-order valence-corrected chi connectivity index (χ0v) is 13.6. The molecule has 0 aromatic carbocycles. The van der Waals surface area contributed by atoms with E-state index < -0.39 is 17.1 Å². The van der Waals surface area contributed by atoms with Gasteiger partial charge in [0.2, 0.25) is 0 Å². The first-order valence-corrected chi connectivity index (χ1v) is 7.35. The summed E-state index contributed by atoms with van der Waals surface area (Å²) in [7, 11) is 0. The number of nitrogens with two attached hydrogens (primary N) is 1. The Bertz CT molecular complexity index is 659. The molecule has 6 heteroatoms. The standard InChI is InChI=1S/C16H24N4O2/c1-15(2,3)22-14(21)19-11-16(4,10-17)12-9-18-13-7-5-6-8-20(12)13/h5-9H,10-11,17H2,1-4H3,(H,19,21). The molecule has 0 saturated heterocycles. The van der Waals surface area contributed by atoms with E-state index in [1.165, 1.54) is 0 Å². The number of imidazole rings is 1. The van der Waals surface area contributed by atoms with Crippen molar-refractivity contribution in [3.05, 3.63) is 36.3 Å². The minimum Gasteiger partial charge on any atom is -0.444 e. The van der Waals surface area contributed by atoms with Crippen LogP contribution < -0.4 is 11.1 Å². The van der Waals surface area contributed by atoms with Gasteiger partial charge in [-0.15, -0.1) is 0 Å². The van der Waals surface area contributed by atoms with Gasteiger partial charge >= 0.3 is 6.09 Å². The number of fused-ring (bicyclic) bond motifs is 1. The van der Waals surface area contributed by atoms with Crippen molar-refractivity contribution in [1.29, 1.82) is 0 Å². The monoisotopic (exact) mass is 304 g/mol. The van der Waals surface area contributed by atoms with Crippen LogP contribution in [0.1, 0.15) is 33.4 Å². The SMILES string of the molecule is CC(C)(C)OC(=O)NCC(C)(CN)c1cnc2ccccn12. The number of hydrogen-bond acceptors (Lipinski definition) is 4. The van der Waals surface area contributed by atoms with Crippen LogP contribution in [0.25, 0.3) is 5.65 Å². The molecule has 2 heterocycles. The summed E-state index contributed by atoms with van der Waals surface area (Å²) in [5.41, 5.74) is 6.83. The Kier molecular flexibility index (Phi) is 4.42. The van der Waals surface area contributed by atoms with Gasteiger partial charge < -0.3 is 20.2 Å². The number of carbonyl (C=O) groups excluding carboxylic acids is 1. The van der Waals surface area contributed by atoms with E-state index in [1.54, 1.807) is 6.20 Å². The van der Waals surface area contributed by atoms with Gasteiger partial charge in [0.1, 0.15) is 11.2 Å². The van der Waals surface area contributed by atoms with Crippen LogP contribution in [0.2, 0.25) is 0 Å². The van der Waals surface area contributed by atoms with Crippen molar-refractivity contribution >= 4 is 11.7 Å². The van der Waals surface area contributed by atoms with Gasteiger partial charge in [0.25, 0.3) is 0 Å². The first-order chi connectivity index (χ1) is 10.2. The molecule has 1 amide bonds. The van der Waals surface area contributed by atoms with Crippen LogP contribution in [0.15, 0.2) is 30.6 Å². The molecule has 0 saturated carbocycles. The fourth-order valence-electron chi connectivity index (χ4n) is 2.23. The quantitative estimate of drug-likeness (QED) is 0.906. The molecule has 0 aliphatic heterocycles. The molecule has 3 N–H and O–H groups in total. The fourth-order valence-corrected chi connectivity index (χ4v) is 2.23. The molecule has 2 aromatic rings. The lowest BCUT2D eigenvalue weighted by Gasteiger charge is -2.29. The van der Waals surface area contributed by atoms with Crippen molar-refractivity contribution in [2.75, 3.05) is 13.1 Å². The average Bonchev–Trinajstić information content (AvgIpc) is 2.87. The van der Waals surface area contributed by atoms with Gasteiger partial charge in [-0.3, -0.25) is 0 Å². The molecule has 0 fully saturated rings. The number of aromatic nitrogens is 2. The number of rotatable bonds is 4. The maximum absolute atomic E-state index is 11.9. The van der Waals surface area contributed by atoms with Crippen molar-refractivity contribution in [1.82, 2.24) is 14.7 Å². The third-order valence-electron chi connectivity index (χ3n) is 3.51. The van der Waals surface area contributed by atoms with Gasteiger partial charge in [0.15, 0.2) is 0 Å². The second-order valence-corrected chi connectivity index (χ2v) is 6.69. The first-order valence-electron chi connectivity index (χ1n) is 7.35. The zero-order chi connectivity index (χ0) is 16.4. The summed E-state index contributed by atoms with van der Waals surface area (Å²) in [6, 6.07) is 5.81. The highest BCUT2D eigenvalue weighted by Gasteiger charge is 2.30. The first kappa shape index (κ1) is 16.3. The maximum Gasteiger partial charge on any atom is 0.407 e. The Morgan fingerprint density at radius 3 is 2.73 bits per heavy atom. The molecule has 0 aliphatic carbocycles. The largest absolute Gasteiger partial charge is 0.444 e. The molecule has 2 aromatic heterocycles. The lowest BCUT2D eigenvalue weighted by atomic mass is 9.87. The second kappa shape index (κ2) is 5.96. The van der Waals surface area contributed by atoms with Gasteiger partial charge in [-0.25, -0.2) is 9.78 Å². The molecule has 1 unspecified atom stereocenters. The number of carbonyl (C=O) groups is 1. The molecule has 0 bridgehead atoms. The average molecular weight is 304 g/mol. The normalized spacial score (nSPS) is 14.6. The predicted molar refractivity (Wildman–Crippen MR) is 85.8 cm³/mol. The van der Waals surface area contributed by atoms with Crippen LogP contribution in [0.5, 0.6) is 0 Å². The van der Waals surface area contributed by atoms with Crippen molar-refractivity contribution in [3.8, 4) is 0 Å². The van der Waals surface area contributed by atoms with E-state index in [-0.39, 0.29) is 0 Å². The van der Waals surface area contributed by atoms with Crippen LogP contribution in [-0.4, -0.2) is 34.2 Å². The highest BCUT2D eigenvalue weighted by atomic mass is 16.6. The van der Waals surface area contributed by atoms with E-state index in [2.05, 4.69) is 10.3 Å². The summed E-state index contributed by atoms with van der Waals surface area (Å²) in [6.07, 6.45) is 3.30. The van der Waals surface area contributed by atoms with Crippen LogP contribution in [0.3, 0.4) is 0 Å². The topological polar surface area (TPSA) is 81.6 Å². The van der Waals surface area contributed by atoms with Gasteiger partial charge in [0.05, 0.1) is 5.69 Å². The molecule has 0 radical (unpaired) electrons. The smallest absolute Gasteiger partial charge is 0.407 e. The van der Waals surface area contributed by atoms with Crippen molar-refractivity contribution in [2.45, 2.75) is 38.7 Å². The number of nitrogens with zero attached hydrogens (tertiary/aromatic N) is 2. The highest BCUT2D eigenvalue weighted by molar-refractivity contribution is 5.67. The van der Waals surface area contributed by atoms with E-state index in [0.717, 1.165) is 11.3 Å². The number of nitrogens with one attached hydrogen (secondary N) is 1. The number of hydrogen-bond donors (Lipinski definition) is 2. The molecular weight excluding hydrogens is 280 g/mol. The lowest BCUT2D eigenvalue weighted by molar-refractivity contribution is 0.0516. The molecule has 22 heavy (non-hydrogen) atoms. The summed E-state index contributed by atoms with van der Waals surface area (Å²) in [6.45, 7) is 8.25. The van der Waals surface area contributed by atoms with Gasteiger partial charge in [-0.1, -0.05) is 13.0 Å². The summed E-state index contributed by atoms with van der Waals surface area (Å²) in [5, 5.41) is 2.80. The predicted octanol–water partition coefficient (Wildman–Crippen LogP) is 2.08. The van der Waals surface area contributed by atoms with Crippen molar-refractivity contribution in [2.24, 2.45) is 5.73 Å². The van der Waals surface area contributed by atoms with E-state index >= 15 is 0 Å². The van der Waals surface area contributed by atoms with Gasteiger partial charge in [0, 0.05) is 30.9 Å². The summed E-state index contributed by atoms with van der Waals surface area (Å²) in [5.74, 6) is 0. The third-order valence-corrected chi connectivity index (χ3v) is 3.51. The van der Waals surface area contributed by atoms with Crippen LogP contribution in [0, 0.1) is 0 Å². The van der Waals surface area contributed by atoms with Gasteiger partial charge in [-0.2, -0.15) is 0 Å². The molecule has 0 aliphatic rings. The van der Waals surface area contributed by atoms with Crippen molar-refractivity contribution < 1.29 is 9.53 Å². The Hall–Kier alpha value is -2.08. The molecule has 0 spiro atoms. The second-order valence-electron chi connectivity index (χ2n) is 6.69.